The summed E-state index contributed by atoms with van der Waals surface area (Å²) in [6, 6.07) is -2.34. The second-order valence-electron chi connectivity index (χ2n) is 5.98. The largest absolute Gasteiger partial charge is 0.389 e. The molecule has 0 bridgehead atoms. The molecule has 1 heterocycles. The van der Waals surface area contributed by atoms with Gasteiger partial charge >= 0.3 is 0 Å². The zero-order valence-electron chi connectivity index (χ0n) is 12.1. The van der Waals surface area contributed by atoms with Crippen LogP contribution in [0.1, 0.15) is 6.42 Å². The molecule has 10 nitrogen and oxygen atoms in total. The second-order valence-corrected chi connectivity index (χ2v) is 5.98. The molecule has 2 rings (SSSR count). The fraction of sp³-hybridized carbons (Fsp3) is 1.00. The quantitative estimate of drug-likeness (QED) is 0.248. The van der Waals surface area contributed by atoms with E-state index in [9.17, 15) is 20.4 Å². The lowest BCUT2D eigenvalue weighted by Crippen LogP contribution is -2.67. The van der Waals surface area contributed by atoms with Gasteiger partial charge in [-0.1, -0.05) is 0 Å². The Morgan fingerprint density at radius 2 is 1.55 bits per heavy atom. The molecule has 130 valence electrons. The molecule has 0 spiro atoms. The Hall–Kier alpha value is -0.400. The first-order valence-electron chi connectivity index (χ1n) is 7.28. The van der Waals surface area contributed by atoms with E-state index in [-0.39, 0.29) is 13.0 Å². The number of hydrogen-bond acceptors (Lipinski definition) is 10. The number of aliphatic hydroxyl groups is 4. The summed E-state index contributed by atoms with van der Waals surface area (Å²) in [7, 11) is 0. The van der Waals surface area contributed by atoms with E-state index in [0.29, 0.717) is 0 Å². The Labute approximate surface area is 128 Å². The third kappa shape index (κ3) is 3.26. The van der Waals surface area contributed by atoms with E-state index in [2.05, 4.69) is 0 Å². The van der Waals surface area contributed by atoms with Gasteiger partial charge in [0.25, 0.3) is 0 Å². The van der Waals surface area contributed by atoms with Gasteiger partial charge < -0.3 is 52.8 Å². The van der Waals surface area contributed by atoms with Crippen LogP contribution in [-0.4, -0.2) is 88.0 Å². The SMILES string of the molecule is NC[C@@H]1O[C@H](O[C@H]2[C@H](O)[C@@H](O)[C@H](N)C[C@H]2N)[C@H](N)[C@@H](O)[C@@H]1O. The van der Waals surface area contributed by atoms with Crippen molar-refractivity contribution in [1.29, 1.82) is 0 Å². The predicted octanol–water partition coefficient (Wildman–Crippen LogP) is -5.12. The standard InChI is InChI=1S/C12H26N4O6/c13-2-5-8(18)9(19)6(16)12(21-5)22-11-4(15)1-3(14)7(17)10(11)20/h3-12,17-20H,1-2,13-16H2/t3-,4-,5+,6-,7+,8-,9-,10-,11-,12-/m1/s1. The van der Waals surface area contributed by atoms with Gasteiger partial charge in [-0.3, -0.25) is 0 Å². The summed E-state index contributed by atoms with van der Waals surface area (Å²) in [5, 5.41) is 39.6. The van der Waals surface area contributed by atoms with Crippen LogP contribution in [0.25, 0.3) is 0 Å². The molecule has 10 atom stereocenters. The summed E-state index contributed by atoms with van der Waals surface area (Å²) < 4.78 is 11.0. The molecule has 0 radical (unpaired) electrons. The van der Waals surface area contributed by atoms with E-state index in [0.717, 1.165) is 0 Å². The summed E-state index contributed by atoms with van der Waals surface area (Å²) in [4.78, 5) is 0. The van der Waals surface area contributed by atoms with Crippen LogP contribution in [0.15, 0.2) is 0 Å². The lowest BCUT2D eigenvalue weighted by Gasteiger charge is -2.45. The van der Waals surface area contributed by atoms with Gasteiger partial charge in [0.1, 0.15) is 30.5 Å². The van der Waals surface area contributed by atoms with Gasteiger partial charge in [-0.2, -0.15) is 0 Å². The topological polar surface area (TPSA) is 203 Å². The van der Waals surface area contributed by atoms with Gasteiger partial charge in [-0.05, 0) is 6.42 Å². The highest BCUT2D eigenvalue weighted by Crippen LogP contribution is 2.26. The number of nitrogens with two attached hydrogens (primary N) is 4. The van der Waals surface area contributed by atoms with Crippen LogP contribution in [0.2, 0.25) is 0 Å². The smallest absolute Gasteiger partial charge is 0.176 e. The van der Waals surface area contributed by atoms with Crippen molar-refractivity contribution in [1.82, 2.24) is 0 Å². The highest BCUT2D eigenvalue weighted by molar-refractivity contribution is 4.99. The van der Waals surface area contributed by atoms with Crippen LogP contribution in [0.3, 0.4) is 0 Å². The van der Waals surface area contributed by atoms with E-state index in [1.54, 1.807) is 0 Å². The van der Waals surface area contributed by atoms with Crippen LogP contribution in [0.4, 0.5) is 0 Å². The Balaban J connectivity index is 2.08. The molecule has 1 saturated heterocycles. The summed E-state index contributed by atoms with van der Waals surface area (Å²) in [6.07, 6.45) is -7.73. The third-order valence-electron chi connectivity index (χ3n) is 4.36. The Kier molecular flexibility index (Phi) is 5.72. The first kappa shape index (κ1) is 17.9. The van der Waals surface area contributed by atoms with E-state index in [1.807, 2.05) is 0 Å². The van der Waals surface area contributed by atoms with Gasteiger partial charge in [0.2, 0.25) is 0 Å². The normalized spacial score (nSPS) is 53.5. The molecule has 0 aromatic heterocycles. The first-order valence-corrected chi connectivity index (χ1v) is 7.28. The number of rotatable bonds is 3. The van der Waals surface area contributed by atoms with Crippen LogP contribution in [-0.2, 0) is 9.47 Å². The monoisotopic (exact) mass is 322 g/mol. The molecule has 10 heteroatoms. The first-order chi connectivity index (χ1) is 10.3. The minimum absolute atomic E-state index is 0.0441. The molecule has 1 aliphatic carbocycles. The lowest BCUT2D eigenvalue weighted by molar-refractivity contribution is -0.287. The van der Waals surface area contributed by atoms with Gasteiger partial charge in [0.05, 0.1) is 12.1 Å². The number of ether oxygens (including phenoxy) is 2. The van der Waals surface area contributed by atoms with Crippen LogP contribution in [0.5, 0.6) is 0 Å². The predicted molar refractivity (Wildman–Crippen MR) is 75.2 cm³/mol. The summed E-state index contributed by atoms with van der Waals surface area (Å²) >= 11 is 0. The molecule has 22 heavy (non-hydrogen) atoms. The van der Waals surface area contributed by atoms with Crippen molar-refractivity contribution >= 4 is 0 Å². The van der Waals surface area contributed by atoms with Crippen molar-refractivity contribution in [2.75, 3.05) is 6.54 Å². The van der Waals surface area contributed by atoms with Crippen molar-refractivity contribution in [2.45, 2.75) is 67.5 Å². The zero-order valence-corrected chi connectivity index (χ0v) is 12.1. The van der Waals surface area contributed by atoms with Gasteiger partial charge in [0.15, 0.2) is 6.29 Å². The Bertz CT molecular complexity index is 376. The van der Waals surface area contributed by atoms with Crippen LogP contribution < -0.4 is 22.9 Å². The highest BCUT2D eigenvalue weighted by atomic mass is 16.7. The summed E-state index contributed by atoms with van der Waals surface area (Å²) in [5.41, 5.74) is 22.8. The van der Waals surface area contributed by atoms with Crippen molar-refractivity contribution in [3.63, 3.8) is 0 Å². The molecule has 0 aromatic carbocycles. The second kappa shape index (κ2) is 7.01. The molecule has 0 amide bonds. The Morgan fingerprint density at radius 3 is 2.14 bits per heavy atom. The van der Waals surface area contributed by atoms with Crippen LogP contribution in [0, 0.1) is 0 Å². The maximum absolute atomic E-state index is 10.1. The lowest BCUT2D eigenvalue weighted by atomic mass is 9.84. The number of aliphatic hydroxyl groups excluding tert-OH is 4. The zero-order chi connectivity index (χ0) is 16.6. The average molecular weight is 322 g/mol. The molecule has 12 N–H and O–H groups in total. The molecule has 2 aliphatic rings. The maximum Gasteiger partial charge on any atom is 0.176 e. The van der Waals surface area contributed by atoms with Gasteiger partial charge in [0, 0.05) is 18.6 Å². The molecular weight excluding hydrogens is 296 g/mol. The van der Waals surface area contributed by atoms with E-state index in [4.69, 9.17) is 32.4 Å². The van der Waals surface area contributed by atoms with Crippen molar-refractivity contribution in [2.24, 2.45) is 22.9 Å². The minimum Gasteiger partial charge on any atom is -0.389 e. The highest BCUT2D eigenvalue weighted by Gasteiger charge is 2.47. The van der Waals surface area contributed by atoms with Gasteiger partial charge in [-0.15, -0.1) is 0 Å². The molecule has 1 saturated carbocycles. The average Bonchev–Trinajstić information content (AvgIpc) is 2.49. The third-order valence-corrected chi connectivity index (χ3v) is 4.36. The fourth-order valence-electron chi connectivity index (χ4n) is 2.89. The number of hydrogen-bond donors (Lipinski definition) is 8. The molecule has 0 unspecified atom stereocenters. The van der Waals surface area contributed by atoms with Crippen molar-refractivity contribution < 1.29 is 29.9 Å². The summed E-state index contributed by atoms with van der Waals surface area (Å²) in [5.74, 6) is 0. The Morgan fingerprint density at radius 1 is 0.909 bits per heavy atom. The van der Waals surface area contributed by atoms with E-state index >= 15 is 0 Å². The molecule has 0 aromatic rings. The van der Waals surface area contributed by atoms with Crippen molar-refractivity contribution in [3.8, 4) is 0 Å². The molecule has 2 fully saturated rings. The van der Waals surface area contributed by atoms with E-state index in [1.165, 1.54) is 0 Å². The molecule has 1 aliphatic heterocycles. The molecular formula is C12H26N4O6. The minimum atomic E-state index is -1.31. The van der Waals surface area contributed by atoms with E-state index < -0.39 is 61.0 Å². The van der Waals surface area contributed by atoms with Crippen molar-refractivity contribution in [3.05, 3.63) is 0 Å². The summed E-state index contributed by atoms with van der Waals surface area (Å²) in [6.45, 7) is -0.0441. The fourth-order valence-corrected chi connectivity index (χ4v) is 2.89. The van der Waals surface area contributed by atoms with Gasteiger partial charge in [-0.25, -0.2) is 0 Å². The maximum atomic E-state index is 10.1. The van der Waals surface area contributed by atoms with Crippen LogP contribution >= 0.6 is 0 Å².